The number of nitrogens with one attached hydrogen (secondary N) is 3. The van der Waals surface area contributed by atoms with Crippen LogP contribution in [-0.4, -0.2) is 28.3 Å². The summed E-state index contributed by atoms with van der Waals surface area (Å²) in [5.74, 6) is 0.365. The Morgan fingerprint density at radius 2 is 1.69 bits per heavy atom. The molecular weight excluding hydrogens is 330 g/mol. The summed E-state index contributed by atoms with van der Waals surface area (Å²) in [5, 5.41) is 8.74. The summed E-state index contributed by atoms with van der Waals surface area (Å²) >= 11 is 0. The van der Waals surface area contributed by atoms with E-state index in [1.807, 2.05) is 32.9 Å². The number of rotatable bonds is 7. The predicted molar refractivity (Wildman–Crippen MR) is 103 cm³/mol. The highest BCUT2D eigenvalue weighted by atomic mass is 16.2. The van der Waals surface area contributed by atoms with Gasteiger partial charge in [0.05, 0.1) is 0 Å². The van der Waals surface area contributed by atoms with E-state index in [0.717, 1.165) is 17.0 Å². The number of carbonyl (C=O) groups is 2. The third kappa shape index (κ3) is 6.16. The lowest BCUT2D eigenvalue weighted by atomic mass is 10.1. The predicted octanol–water partition coefficient (Wildman–Crippen LogP) is 3.19. The van der Waals surface area contributed by atoms with Gasteiger partial charge in [-0.3, -0.25) is 9.59 Å². The number of aryl methyl sites for hydroxylation is 3. The standard InChI is InChI=1S/C19H25N5O2/c1-12-7-8-16(23-15(4)25)11-17(12)24-18(26)6-5-9-20-19-21-13(2)10-14(3)22-19/h7-8,10-11H,5-6,9H2,1-4H3,(H,23,25)(H,24,26)(H,20,21,22). The van der Waals surface area contributed by atoms with Gasteiger partial charge in [0, 0.05) is 42.7 Å². The fraction of sp³-hybridized carbons (Fsp3) is 0.368. The zero-order chi connectivity index (χ0) is 19.1. The van der Waals surface area contributed by atoms with Crippen LogP contribution in [0.25, 0.3) is 0 Å². The molecule has 138 valence electrons. The normalized spacial score (nSPS) is 10.3. The summed E-state index contributed by atoms with van der Waals surface area (Å²) in [5.41, 5.74) is 4.12. The molecule has 2 rings (SSSR count). The Labute approximate surface area is 153 Å². The minimum Gasteiger partial charge on any atom is -0.354 e. The highest BCUT2D eigenvalue weighted by Crippen LogP contribution is 2.20. The molecule has 7 heteroatoms. The van der Waals surface area contributed by atoms with Gasteiger partial charge in [-0.25, -0.2) is 9.97 Å². The van der Waals surface area contributed by atoms with E-state index in [1.54, 1.807) is 12.1 Å². The van der Waals surface area contributed by atoms with Gasteiger partial charge in [-0.1, -0.05) is 6.07 Å². The van der Waals surface area contributed by atoms with Crippen LogP contribution in [0.15, 0.2) is 24.3 Å². The number of benzene rings is 1. The van der Waals surface area contributed by atoms with E-state index in [4.69, 9.17) is 0 Å². The van der Waals surface area contributed by atoms with Crippen molar-refractivity contribution < 1.29 is 9.59 Å². The lowest BCUT2D eigenvalue weighted by Gasteiger charge is -2.11. The highest BCUT2D eigenvalue weighted by molar-refractivity contribution is 5.94. The molecule has 1 heterocycles. The Balaban J connectivity index is 1.82. The maximum absolute atomic E-state index is 12.2. The third-order valence-corrected chi connectivity index (χ3v) is 3.68. The first-order valence-corrected chi connectivity index (χ1v) is 8.58. The molecule has 7 nitrogen and oxygen atoms in total. The van der Waals surface area contributed by atoms with Crippen molar-refractivity contribution >= 4 is 29.1 Å². The van der Waals surface area contributed by atoms with E-state index < -0.39 is 0 Å². The number of hydrogen-bond acceptors (Lipinski definition) is 5. The summed E-state index contributed by atoms with van der Waals surface area (Å²) in [6.07, 6.45) is 1.04. The maximum atomic E-state index is 12.2. The molecule has 0 bridgehead atoms. The molecule has 0 aliphatic rings. The van der Waals surface area contributed by atoms with E-state index in [9.17, 15) is 9.59 Å². The monoisotopic (exact) mass is 355 g/mol. The molecule has 0 saturated carbocycles. The van der Waals surface area contributed by atoms with Crippen LogP contribution in [0.2, 0.25) is 0 Å². The number of hydrogen-bond donors (Lipinski definition) is 3. The summed E-state index contributed by atoms with van der Waals surface area (Å²) in [6.45, 7) is 7.81. The zero-order valence-corrected chi connectivity index (χ0v) is 15.6. The van der Waals surface area contributed by atoms with Crippen molar-refractivity contribution in [2.45, 2.75) is 40.5 Å². The Morgan fingerprint density at radius 1 is 1.00 bits per heavy atom. The van der Waals surface area contributed by atoms with Gasteiger partial charge in [-0.2, -0.15) is 0 Å². The molecule has 2 amide bonds. The third-order valence-electron chi connectivity index (χ3n) is 3.68. The van der Waals surface area contributed by atoms with Crippen molar-refractivity contribution in [2.75, 3.05) is 22.5 Å². The van der Waals surface area contributed by atoms with Gasteiger partial charge in [0.25, 0.3) is 0 Å². The first-order chi connectivity index (χ1) is 12.3. The van der Waals surface area contributed by atoms with Crippen LogP contribution in [-0.2, 0) is 9.59 Å². The topological polar surface area (TPSA) is 96.0 Å². The number of nitrogens with zero attached hydrogens (tertiary/aromatic N) is 2. The van der Waals surface area contributed by atoms with Crippen LogP contribution >= 0.6 is 0 Å². The maximum Gasteiger partial charge on any atom is 0.224 e. The van der Waals surface area contributed by atoms with Crippen molar-refractivity contribution in [3.05, 3.63) is 41.2 Å². The molecule has 0 spiro atoms. The molecule has 26 heavy (non-hydrogen) atoms. The Morgan fingerprint density at radius 3 is 2.35 bits per heavy atom. The van der Waals surface area contributed by atoms with E-state index in [2.05, 4.69) is 25.9 Å². The number of anilines is 3. The van der Waals surface area contributed by atoms with Gasteiger partial charge in [0.2, 0.25) is 17.8 Å². The van der Waals surface area contributed by atoms with Gasteiger partial charge in [-0.15, -0.1) is 0 Å². The molecule has 0 aliphatic heterocycles. The summed E-state index contributed by atoms with van der Waals surface area (Å²) in [7, 11) is 0. The molecule has 0 unspecified atom stereocenters. The van der Waals surface area contributed by atoms with Crippen molar-refractivity contribution in [1.82, 2.24) is 9.97 Å². The van der Waals surface area contributed by atoms with Crippen molar-refractivity contribution in [1.29, 1.82) is 0 Å². The SMILES string of the molecule is CC(=O)Nc1ccc(C)c(NC(=O)CCCNc2nc(C)cc(C)n2)c1. The fourth-order valence-corrected chi connectivity index (χ4v) is 2.50. The smallest absolute Gasteiger partial charge is 0.224 e. The van der Waals surface area contributed by atoms with E-state index in [-0.39, 0.29) is 11.8 Å². The molecule has 1 aromatic carbocycles. The molecule has 3 N–H and O–H groups in total. The average Bonchev–Trinajstić information content (AvgIpc) is 2.53. The number of carbonyl (C=O) groups excluding carboxylic acids is 2. The average molecular weight is 355 g/mol. The van der Waals surface area contributed by atoms with E-state index in [1.165, 1.54) is 6.92 Å². The fourth-order valence-electron chi connectivity index (χ4n) is 2.50. The first kappa shape index (κ1) is 19.4. The van der Waals surface area contributed by atoms with Crippen LogP contribution in [0.4, 0.5) is 17.3 Å². The minimum absolute atomic E-state index is 0.0729. The van der Waals surface area contributed by atoms with Gasteiger partial charge >= 0.3 is 0 Å². The van der Waals surface area contributed by atoms with Crippen LogP contribution in [0.5, 0.6) is 0 Å². The lowest BCUT2D eigenvalue weighted by molar-refractivity contribution is -0.116. The molecule has 0 radical (unpaired) electrons. The molecule has 0 aliphatic carbocycles. The number of amides is 2. The highest BCUT2D eigenvalue weighted by Gasteiger charge is 2.07. The lowest BCUT2D eigenvalue weighted by Crippen LogP contribution is -2.15. The van der Waals surface area contributed by atoms with Crippen molar-refractivity contribution in [3.8, 4) is 0 Å². The van der Waals surface area contributed by atoms with E-state index >= 15 is 0 Å². The van der Waals surface area contributed by atoms with Gasteiger partial charge in [-0.05, 0) is 51.0 Å². The van der Waals surface area contributed by atoms with Crippen LogP contribution < -0.4 is 16.0 Å². The Bertz CT molecular complexity index is 784. The molecule has 0 fully saturated rings. The van der Waals surface area contributed by atoms with Crippen molar-refractivity contribution in [3.63, 3.8) is 0 Å². The molecular formula is C19H25N5O2. The van der Waals surface area contributed by atoms with Gasteiger partial charge in [0.1, 0.15) is 0 Å². The minimum atomic E-state index is -0.147. The second kappa shape index (κ2) is 8.94. The molecule has 1 aromatic heterocycles. The molecule has 0 atom stereocenters. The number of aromatic nitrogens is 2. The van der Waals surface area contributed by atoms with E-state index in [0.29, 0.717) is 36.7 Å². The van der Waals surface area contributed by atoms with Crippen LogP contribution in [0, 0.1) is 20.8 Å². The van der Waals surface area contributed by atoms with Gasteiger partial charge < -0.3 is 16.0 Å². The quantitative estimate of drug-likeness (QED) is 0.663. The van der Waals surface area contributed by atoms with Crippen molar-refractivity contribution in [2.24, 2.45) is 0 Å². The summed E-state index contributed by atoms with van der Waals surface area (Å²) < 4.78 is 0. The molecule has 0 saturated heterocycles. The first-order valence-electron chi connectivity index (χ1n) is 8.58. The van der Waals surface area contributed by atoms with Crippen LogP contribution in [0.1, 0.15) is 36.7 Å². The molecule has 2 aromatic rings. The zero-order valence-electron chi connectivity index (χ0n) is 15.6. The van der Waals surface area contributed by atoms with Crippen LogP contribution in [0.3, 0.4) is 0 Å². The Kier molecular flexibility index (Phi) is 6.66. The second-order valence-corrected chi connectivity index (χ2v) is 6.26. The Hall–Kier alpha value is -2.96. The second-order valence-electron chi connectivity index (χ2n) is 6.26. The summed E-state index contributed by atoms with van der Waals surface area (Å²) in [6, 6.07) is 7.34. The largest absolute Gasteiger partial charge is 0.354 e. The summed E-state index contributed by atoms with van der Waals surface area (Å²) in [4.78, 5) is 31.9. The van der Waals surface area contributed by atoms with Gasteiger partial charge in [0.15, 0.2) is 0 Å².